The van der Waals surface area contributed by atoms with E-state index in [9.17, 15) is 4.79 Å². The molecular formula is C14H16N6O. The zero-order valence-corrected chi connectivity index (χ0v) is 12.1. The summed E-state index contributed by atoms with van der Waals surface area (Å²) in [6.45, 7) is 3.71. The third-order valence-corrected chi connectivity index (χ3v) is 3.37. The van der Waals surface area contributed by atoms with E-state index in [1.165, 1.54) is 0 Å². The van der Waals surface area contributed by atoms with Gasteiger partial charge in [0.25, 0.3) is 5.91 Å². The maximum absolute atomic E-state index is 12.5. The van der Waals surface area contributed by atoms with Crippen LogP contribution in [-0.4, -0.2) is 30.5 Å². The minimum Gasteiger partial charge on any atom is -0.319 e. The lowest BCUT2D eigenvalue weighted by molar-refractivity contribution is 0.102. The molecule has 0 aliphatic heterocycles. The molecule has 2 N–H and O–H groups in total. The molecule has 3 heterocycles. The van der Waals surface area contributed by atoms with E-state index >= 15 is 0 Å². The fourth-order valence-corrected chi connectivity index (χ4v) is 2.29. The molecule has 0 spiro atoms. The SMILES string of the molecule is Cc1n[nH]c(C)c1NC(=O)c1cnn(C)c1-n1cccc1. The highest BCUT2D eigenvalue weighted by Crippen LogP contribution is 2.20. The quantitative estimate of drug-likeness (QED) is 0.769. The first-order valence-electron chi connectivity index (χ1n) is 6.56. The van der Waals surface area contributed by atoms with Crippen LogP contribution in [-0.2, 0) is 7.05 Å². The molecular weight excluding hydrogens is 268 g/mol. The number of carbonyl (C=O) groups is 1. The molecule has 7 nitrogen and oxygen atoms in total. The van der Waals surface area contributed by atoms with Crippen LogP contribution in [0.3, 0.4) is 0 Å². The van der Waals surface area contributed by atoms with Crippen LogP contribution in [0.15, 0.2) is 30.7 Å². The van der Waals surface area contributed by atoms with Crippen molar-refractivity contribution in [3.63, 3.8) is 0 Å². The van der Waals surface area contributed by atoms with Crippen molar-refractivity contribution in [1.82, 2.24) is 24.5 Å². The lowest BCUT2D eigenvalue weighted by Gasteiger charge is -2.08. The number of amides is 1. The third kappa shape index (κ3) is 2.22. The zero-order valence-electron chi connectivity index (χ0n) is 12.1. The molecule has 3 aromatic rings. The number of hydrogen-bond acceptors (Lipinski definition) is 3. The number of anilines is 1. The lowest BCUT2D eigenvalue weighted by Crippen LogP contribution is -2.15. The molecule has 3 rings (SSSR count). The molecule has 108 valence electrons. The molecule has 0 bridgehead atoms. The molecule has 0 aliphatic carbocycles. The first-order valence-corrected chi connectivity index (χ1v) is 6.56. The summed E-state index contributed by atoms with van der Waals surface area (Å²) in [5.41, 5.74) is 2.80. The number of aromatic nitrogens is 5. The highest BCUT2D eigenvalue weighted by atomic mass is 16.1. The average molecular weight is 284 g/mol. The van der Waals surface area contributed by atoms with Gasteiger partial charge in [0.2, 0.25) is 0 Å². The molecule has 3 aromatic heterocycles. The second-order valence-electron chi connectivity index (χ2n) is 4.86. The second kappa shape index (κ2) is 4.93. The van der Waals surface area contributed by atoms with Crippen molar-refractivity contribution in [3.05, 3.63) is 47.7 Å². The summed E-state index contributed by atoms with van der Waals surface area (Å²) in [5, 5.41) is 14.0. The fraction of sp³-hybridized carbons (Fsp3) is 0.214. The third-order valence-electron chi connectivity index (χ3n) is 3.37. The van der Waals surface area contributed by atoms with Crippen LogP contribution in [0, 0.1) is 13.8 Å². The van der Waals surface area contributed by atoms with E-state index in [1.807, 2.05) is 42.9 Å². The topological polar surface area (TPSA) is 80.5 Å². The Hall–Kier alpha value is -2.83. The van der Waals surface area contributed by atoms with Crippen molar-refractivity contribution >= 4 is 11.6 Å². The predicted molar refractivity (Wildman–Crippen MR) is 78.5 cm³/mol. The Labute approximate surface area is 121 Å². The number of H-pyrrole nitrogens is 1. The molecule has 0 fully saturated rings. The molecule has 0 radical (unpaired) electrons. The molecule has 0 saturated carbocycles. The van der Waals surface area contributed by atoms with Crippen LogP contribution >= 0.6 is 0 Å². The Balaban J connectivity index is 1.97. The molecule has 0 atom stereocenters. The fourth-order valence-electron chi connectivity index (χ4n) is 2.29. The van der Waals surface area contributed by atoms with Crippen molar-refractivity contribution < 1.29 is 4.79 Å². The molecule has 7 heteroatoms. The van der Waals surface area contributed by atoms with Crippen LogP contribution in [0.5, 0.6) is 0 Å². The summed E-state index contributed by atoms with van der Waals surface area (Å²) < 4.78 is 3.53. The summed E-state index contributed by atoms with van der Waals surface area (Å²) in [5.74, 6) is 0.510. The van der Waals surface area contributed by atoms with E-state index in [2.05, 4.69) is 20.6 Å². The van der Waals surface area contributed by atoms with Crippen LogP contribution in [0.2, 0.25) is 0 Å². The molecule has 0 aromatic carbocycles. The van der Waals surface area contributed by atoms with Crippen molar-refractivity contribution in [1.29, 1.82) is 0 Å². The van der Waals surface area contributed by atoms with Gasteiger partial charge in [0.15, 0.2) is 0 Å². The second-order valence-corrected chi connectivity index (χ2v) is 4.86. The van der Waals surface area contributed by atoms with Crippen molar-refractivity contribution in [3.8, 4) is 5.82 Å². The van der Waals surface area contributed by atoms with Gasteiger partial charge in [-0.15, -0.1) is 0 Å². The van der Waals surface area contributed by atoms with Gasteiger partial charge in [-0.25, -0.2) is 0 Å². The van der Waals surface area contributed by atoms with Crippen LogP contribution in [0.1, 0.15) is 21.7 Å². The lowest BCUT2D eigenvalue weighted by atomic mass is 10.2. The standard InChI is InChI=1S/C14H16N6O/c1-9-12(10(2)18-17-9)16-13(21)11-8-15-19(3)14(11)20-6-4-5-7-20/h4-8H,1-3H3,(H,16,21)(H,17,18). The smallest absolute Gasteiger partial charge is 0.261 e. The van der Waals surface area contributed by atoms with E-state index in [0.717, 1.165) is 17.2 Å². The number of aryl methyl sites for hydroxylation is 3. The van der Waals surface area contributed by atoms with Crippen molar-refractivity contribution in [2.45, 2.75) is 13.8 Å². The van der Waals surface area contributed by atoms with Crippen molar-refractivity contribution in [2.24, 2.45) is 7.05 Å². The Bertz CT molecular complexity index is 761. The van der Waals surface area contributed by atoms with E-state index in [0.29, 0.717) is 11.3 Å². The Morgan fingerprint density at radius 2 is 2.00 bits per heavy atom. The highest BCUT2D eigenvalue weighted by Gasteiger charge is 2.19. The van der Waals surface area contributed by atoms with Gasteiger partial charge >= 0.3 is 0 Å². The first kappa shape index (κ1) is 13.2. The van der Waals surface area contributed by atoms with Gasteiger partial charge < -0.3 is 9.88 Å². The zero-order chi connectivity index (χ0) is 15.0. The number of carbonyl (C=O) groups excluding carboxylic acids is 1. The largest absolute Gasteiger partial charge is 0.319 e. The van der Waals surface area contributed by atoms with Gasteiger partial charge in [-0.05, 0) is 26.0 Å². The molecule has 0 saturated heterocycles. The molecule has 21 heavy (non-hydrogen) atoms. The van der Waals surface area contributed by atoms with Crippen molar-refractivity contribution in [2.75, 3.05) is 5.32 Å². The molecule has 0 unspecified atom stereocenters. The molecule has 0 aliphatic rings. The van der Waals surface area contributed by atoms with Crippen LogP contribution < -0.4 is 5.32 Å². The van der Waals surface area contributed by atoms with Crippen LogP contribution in [0.25, 0.3) is 5.82 Å². The maximum Gasteiger partial charge on any atom is 0.261 e. The minimum absolute atomic E-state index is 0.209. The number of hydrogen-bond donors (Lipinski definition) is 2. The highest BCUT2D eigenvalue weighted by molar-refractivity contribution is 6.06. The summed E-state index contributed by atoms with van der Waals surface area (Å²) in [6.07, 6.45) is 5.32. The van der Waals surface area contributed by atoms with E-state index in [1.54, 1.807) is 17.9 Å². The Kier molecular flexibility index (Phi) is 3.09. The molecule has 1 amide bonds. The summed E-state index contributed by atoms with van der Waals surface area (Å²) in [4.78, 5) is 12.5. The van der Waals surface area contributed by atoms with Gasteiger partial charge in [0.05, 0.1) is 23.3 Å². The van der Waals surface area contributed by atoms with Gasteiger partial charge in [0, 0.05) is 19.4 Å². The van der Waals surface area contributed by atoms with E-state index < -0.39 is 0 Å². The minimum atomic E-state index is -0.209. The number of nitrogens with one attached hydrogen (secondary N) is 2. The van der Waals surface area contributed by atoms with E-state index in [4.69, 9.17) is 0 Å². The Morgan fingerprint density at radius 3 is 2.62 bits per heavy atom. The van der Waals surface area contributed by atoms with Gasteiger partial charge in [-0.3, -0.25) is 14.6 Å². The average Bonchev–Trinajstić information content (AvgIpc) is 3.15. The summed E-state index contributed by atoms with van der Waals surface area (Å²) >= 11 is 0. The monoisotopic (exact) mass is 284 g/mol. The Morgan fingerprint density at radius 1 is 1.29 bits per heavy atom. The summed E-state index contributed by atoms with van der Waals surface area (Å²) in [6, 6.07) is 3.80. The van der Waals surface area contributed by atoms with Gasteiger partial charge in [0.1, 0.15) is 11.4 Å². The normalized spacial score (nSPS) is 10.8. The van der Waals surface area contributed by atoms with Crippen LogP contribution in [0.4, 0.5) is 5.69 Å². The summed E-state index contributed by atoms with van der Waals surface area (Å²) in [7, 11) is 1.81. The van der Waals surface area contributed by atoms with Gasteiger partial charge in [-0.2, -0.15) is 10.2 Å². The van der Waals surface area contributed by atoms with E-state index in [-0.39, 0.29) is 5.91 Å². The number of rotatable bonds is 3. The first-order chi connectivity index (χ1) is 10.1. The maximum atomic E-state index is 12.5. The number of nitrogens with zero attached hydrogens (tertiary/aromatic N) is 4. The predicted octanol–water partition coefficient (Wildman–Crippen LogP) is 1.80. The van der Waals surface area contributed by atoms with Gasteiger partial charge in [-0.1, -0.05) is 0 Å². The number of aromatic amines is 1.